The van der Waals surface area contributed by atoms with Crippen LogP contribution in [0.5, 0.6) is 0 Å². The molecule has 12 heteroatoms. The van der Waals surface area contributed by atoms with E-state index in [9.17, 15) is 27.7 Å². The van der Waals surface area contributed by atoms with Crippen molar-refractivity contribution in [2.75, 3.05) is 24.7 Å². The number of nitrogens with zero attached hydrogens (tertiary/aromatic N) is 4. The molecular weight excluding hydrogens is 597 g/mol. The second-order valence-corrected chi connectivity index (χ2v) is 12.7. The lowest BCUT2D eigenvalue weighted by molar-refractivity contribution is 0.0964. The topological polar surface area (TPSA) is 138 Å². The number of furan rings is 1. The standard InChI is InChI=1S/C33H26FN5O5S/c1-36-32(40)30-26-14-25(28(39(3)45(4,42)43)16-29(26)44-31(30)18-8-10-22(34)11-9-18)27-15-24(33(41)38(2)37-27)21-12-19-6-5-7-20(17-35)23(19)13-21/h5-11,13-16H,12H2,1-4H3,(H,36,40). The highest BCUT2D eigenvalue weighted by Crippen LogP contribution is 2.41. The Labute approximate surface area is 257 Å². The van der Waals surface area contributed by atoms with Crippen LogP contribution in [0.4, 0.5) is 10.1 Å². The van der Waals surface area contributed by atoms with Crippen LogP contribution < -0.4 is 15.2 Å². The van der Waals surface area contributed by atoms with Crippen molar-refractivity contribution in [3.05, 3.63) is 105 Å². The first kappa shape index (κ1) is 29.5. The molecule has 6 rings (SSSR count). The SMILES string of the molecule is CNC(=O)c1c(-c2ccc(F)cc2)oc2cc(N(C)S(C)(=O)=O)c(-c3cc(C4=Cc5c(C#N)cccc5C4)c(=O)n(C)n3)cc12. The van der Waals surface area contributed by atoms with Crippen LogP contribution in [0.15, 0.2) is 69.9 Å². The van der Waals surface area contributed by atoms with Crippen molar-refractivity contribution >= 4 is 44.2 Å². The first-order valence-corrected chi connectivity index (χ1v) is 15.6. The molecule has 10 nitrogen and oxygen atoms in total. The summed E-state index contributed by atoms with van der Waals surface area (Å²) in [5, 5.41) is 17.0. The van der Waals surface area contributed by atoms with Gasteiger partial charge in [-0.2, -0.15) is 10.4 Å². The van der Waals surface area contributed by atoms with Gasteiger partial charge in [-0.3, -0.25) is 13.9 Å². The lowest BCUT2D eigenvalue weighted by atomic mass is 9.99. The summed E-state index contributed by atoms with van der Waals surface area (Å²) in [6.45, 7) is 0. The van der Waals surface area contributed by atoms with Gasteiger partial charge in [-0.05, 0) is 71.7 Å². The van der Waals surface area contributed by atoms with E-state index in [-0.39, 0.29) is 33.8 Å². The van der Waals surface area contributed by atoms with E-state index < -0.39 is 21.7 Å². The van der Waals surface area contributed by atoms with Crippen LogP contribution in [0.2, 0.25) is 0 Å². The number of sulfonamides is 1. The fourth-order valence-electron chi connectivity index (χ4n) is 5.54. The van der Waals surface area contributed by atoms with Crippen LogP contribution >= 0.6 is 0 Å². The second-order valence-electron chi connectivity index (χ2n) is 10.7. The van der Waals surface area contributed by atoms with Gasteiger partial charge in [0.2, 0.25) is 10.0 Å². The number of allylic oxidation sites excluding steroid dienone is 1. The number of hydrogen-bond donors (Lipinski definition) is 1. The van der Waals surface area contributed by atoms with Gasteiger partial charge in [-0.15, -0.1) is 0 Å². The highest BCUT2D eigenvalue weighted by molar-refractivity contribution is 7.92. The molecular formula is C33H26FN5O5S. The van der Waals surface area contributed by atoms with Crippen molar-refractivity contribution in [2.45, 2.75) is 6.42 Å². The zero-order valence-electron chi connectivity index (χ0n) is 24.7. The summed E-state index contributed by atoms with van der Waals surface area (Å²) in [7, 11) is 0.553. The minimum Gasteiger partial charge on any atom is -0.455 e. The number of anilines is 1. The van der Waals surface area contributed by atoms with Gasteiger partial charge in [0.25, 0.3) is 11.5 Å². The van der Waals surface area contributed by atoms with E-state index in [1.807, 2.05) is 12.1 Å². The normalized spacial score (nSPS) is 12.5. The molecule has 3 aromatic carbocycles. The van der Waals surface area contributed by atoms with Crippen molar-refractivity contribution in [1.82, 2.24) is 15.1 Å². The molecule has 0 radical (unpaired) electrons. The van der Waals surface area contributed by atoms with Gasteiger partial charge in [0, 0.05) is 49.3 Å². The molecule has 0 bridgehead atoms. The number of halogens is 1. The predicted octanol–water partition coefficient (Wildman–Crippen LogP) is 4.72. The minimum atomic E-state index is -3.79. The van der Waals surface area contributed by atoms with Crippen LogP contribution in [-0.4, -0.2) is 44.5 Å². The molecule has 1 amide bonds. The lowest BCUT2D eigenvalue weighted by Gasteiger charge is -2.21. The van der Waals surface area contributed by atoms with Crippen LogP contribution in [0.25, 0.3) is 45.2 Å². The molecule has 0 fully saturated rings. The molecule has 1 N–H and O–H groups in total. The third kappa shape index (κ3) is 5.07. The molecule has 0 saturated heterocycles. The maximum absolute atomic E-state index is 13.7. The molecule has 0 aliphatic heterocycles. The predicted molar refractivity (Wildman–Crippen MR) is 169 cm³/mol. The van der Waals surface area contributed by atoms with Gasteiger partial charge in [0.15, 0.2) is 0 Å². The summed E-state index contributed by atoms with van der Waals surface area (Å²) in [4.78, 5) is 26.6. The van der Waals surface area contributed by atoms with E-state index in [4.69, 9.17) is 4.42 Å². The Kier molecular flexibility index (Phi) is 7.13. The Morgan fingerprint density at radius 3 is 2.53 bits per heavy atom. The van der Waals surface area contributed by atoms with Crippen LogP contribution in [0.1, 0.15) is 32.6 Å². The Morgan fingerprint density at radius 2 is 1.87 bits per heavy atom. The maximum atomic E-state index is 13.7. The number of aryl methyl sites for hydroxylation is 1. The van der Waals surface area contributed by atoms with Gasteiger partial charge in [0.05, 0.1) is 34.8 Å². The lowest BCUT2D eigenvalue weighted by Crippen LogP contribution is -2.26. The zero-order valence-corrected chi connectivity index (χ0v) is 25.5. The Hall–Kier alpha value is -5.54. The first-order chi connectivity index (χ1) is 21.4. The van der Waals surface area contributed by atoms with E-state index in [0.29, 0.717) is 39.6 Å². The number of carbonyl (C=O) groups is 1. The van der Waals surface area contributed by atoms with Crippen LogP contribution in [0, 0.1) is 17.1 Å². The number of benzene rings is 3. The number of amides is 1. The summed E-state index contributed by atoms with van der Waals surface area (Å²) in [6, 6.07) is 17.7. The zero-order chi connectivity index (χ0) is 32.2. The van der Waals surface area contributed by atoms with Crippen LogP contribution in [0.3, 0.4) is 0 Å². The Morgan fingerprint density at radius 1 is 1.13 bits per heavy atom. The molecule has 1 aliphatic rings. The number of aromatic nitrogens is 2. The van der Waals surface area contributed by atoms with Crippen molar-refractivity contribution in [3.8, 4) is 28.7 Å². The highest BCUT2D eigenvalue weighted by Gasteiger charge is 2.27. The molecule has 1 aliphatic carbocycles. The van der Waals surface area contributed by atoms with Gasteiger partial charge < -0.3 is 9.73 Å². The molecule has 226 valence electrons. The third-order valence-electron chi connectivity index (χ3n) is 7.90. The smallest absolute Gasteiger partial charge is 0.274 e. The fraction of sp³-hybridized carbons (Fsp3) is 0.152. The van der Waals surface area contributed by atoms with Crippen LogP contribution in [-0.2, 0) is 23.5 Å². The van der Waals surface area contributed by atoms with E-state index in [1.54, 1.807) is 24.3 Å². The number of hydrogen-bond acceptors (Lipinski definition) is 7. The summed E-state index contributed by atoms with van der Waals surface area (Å²) < 4.78 is 47.7. The molecule has 2 aromatic heterocycles. The molecule has 0 saturated carbocycles. The van der Waals surface area contributed by atoms with Gasteiger partial charge in [-0.1, -0.05) is 12.1 Å². The monoisotopic (exact) mass is 623 g/mol. The molecule has 0 atom stereocenters. The number of carbonyl (C=O) groups excluding carboxylic acids is 1. The average molecular weight is 624 g/mol. The van der Waals surface area contributed by atoms with Gasteiger partial charge in [-0.25, -0.2) is 17.5 Å². The minimum absolute atomic E-state index is 0.164. The number of fused-ring (bicyclic) bond motifs is 2. The first-order valence-electron chi connectivity index (χ1n) is 13.8. The van der Waals surface area contributed by atoms with Gasteiger partial charge >= 0.3 is 0 Å². The number of rotatable bonds is 6. The largest absolute Gasteiger partial charge is 0.455 e. The van der Waals surface area contributed by atoms with Crippen molar-refractivity contribution < 1.29 is 22.0 Å². The van der Waals surface area contributed by atoms with Crippen molar-refractivity contribution in [2.24, 2.45) is 7.05 Å². The maximum Gasteiger partial charge on any atom is 0.274 e. The second kappa shape index (κ2) is 10.9. The average Bonchev–Trinajstić information content (AvgIpc) is 3.62. The molecule has 5 aromatic rings. The third-order valence-corrected chi connectivity index (χ3v) is 9.10. The van der Waals surface area contributed by atoms with E-state index in [0.717, 1.165) is 21.7 Å². The molecule has 2 heterocycles. The number of nitriles is 1. The van der Waals surface area contributed by atoms with E-state index >= 15 is 0 Å². The van der Waals surface area contributed by atoms with Crippen molar-refractivity contribution in [1.29, 1.82) is 5.26 Å². The Balaban J connectivity index is 1.63. The highest BCUT2D eigenvalue weighted by atomic mass is 32.2. The quantitative estimate of drug-likeness (QED) is 0.289. The van der Waals surface area contributed by atoms with Crippen molar-refractivity contribution in [3.63, 3.8) is 0 Å². The Bertz CT molecular complexity index is 2300. The summed E-state index contributed by atoms with van der Waals surface area (Å²) in [6.07, 6.45) is 3.29. The molecule has 45 heavy (non-hydrogen) atoms. The summed E-state index contributed by atoms with van der Waals surface area (Å²) in [5.41, 5.74) is 4.40. The van der Waals surface area contributed by atoms with E-state index in [2.05, 4.69) is 16.5 Å². The summed E-state index contributed by atoms with van der Waals surface area (Å²) in [5.74, 6) is -0.762. The fourth-order valence-corrected chi connectivity index (χ4v) is 6.05. The van der Waals surface area contributed by atoms with Gasteiger partial charge in [0.1, 0.15) is 17.2 Å². The molecule has 0 spiro atoms. The van der Waals surface area contributed by atoms with E-state index in [1.165, 1.54) is 56.2 Å². The summed E-state index contributed by atoms with van der Waals surface area (Å²) >= 11 is 0. The number of nitrogens with one attached hydrogen (secondary N) is 1. The molecule has 0 unspecified atom stereocenters.